The normalized spacial score (nSPS) is 20.0. The predicted octanol–water partition coefficient (Wildman–Crippen LogP) is 2.55. The van der Waals surface area contributed by atoms with E-state index in [1.54, 1.807) is 20.7 Å². The van der Waals surface area contributed by atoms with Gasteiger partial charge in [0.15, 0.2) is 0 Å². The Balaban J connectivity index is 1.48. The van der Waals surface area contributed by atoms with Crippen LogP contribution in [0, 0.1) is 0 Å². The minimum atomic E-state index is -0.386. The number of aromatic nitrogens is 2. The molecule has 1 saturated heterocycles. The van der Waals surface area contributed by atoms with E-state index >= 15 is 0 Å². The van der Waals surface area contributed by atoms with E-state index < -0.39 is 0 Å². The summed E-state index contributed by atoms with van der Waals surface area (Å²) in [6, 6.07) is 9.94. The molecule has 26 heavy (non-hydrogen) atoms. The Morgan fingerprint density at radius 1 is 1.04 bits per heavy atom. The van der Waals surface area contributed by atoms with Crippen LogP contribution in [0.15, 0.2) is 42.7 Å². The minimum Gasteiger partial charge on any atom is -0.330 e. The number of benzene rings is 1. The highest BCUT2D eigenvalue weighted by molar-refractivity contribution is 6.35. The lowest BCUT2D eigenvalue weighted by molar-refractivity contribution is -0.159. The highest BCUT2D eigenvalue weighted by Gasteiger charge is 2.39. The molecule has 2 aromatic rings. The number of amides is 2. The van der Waals surface area contributed by atoms with Crippen molar-refractivity contribution in [1.29, 1.82) is 0 Å². The molecule has 136 valence electrons. The van der Waals surface area contributed by atoms with Crippen LogP contribution < -0.4 is 0 Å². The lowest BCUT2D eigenvalue weighted by Crippen LogP contribution is -2.57. The maximum Gasteiger partial charge on any atom is 0.312 e. The molecule has 0 radical (unpaired) electrons. The van der Waals surface area contributed by atoms with Gasteiger partial charge in [0.2, 0.25) is 0 Å². The Hall–Kier alpha value is -2.63. The van der Waals surface area contributed by atoms with Gasteiger partial charge in [0.25, 0.3) is 0 Å². The third-order valence-electron chi connectivity index (χ3n) is 5.63. The van der Waals surface area contributed by atoms with Crippen LogP contribution in [0.4, 0.5) is 0 Å². The molecule has 1 aliphatic carbocycles. The minimum absolute atomic E-state index is 0.172. The Morgan fingerprint density at radius 3 is 2.50 bits per heavy atom. The Labute approximate surface area is 153 Å². The zero-order valence-electron chi connectivity index (χ0n) is 15.0. The Morgan fingerprint density at radius 2 is 1.77 bits per heavy atom. The molecule has 0 spiro atoms. The van der Waals surface area contributed by atoms with Crippen molar-refractivity contribution in [3.63, 3.8) is 0 Å². The zero-order valence-corrected chi connectivity index (χ0v) is 15.0. The quantitative estimate of drug-likeness (QED) is 0.795. The number of piperazine rings is 1. The molecule has 1 aromatic heterocycles. The second-order valence-corrected chi connectivity index (χ2v) is 7.17. The molecular weight excluding hydrogens is 328 g/mol. The maximum absolute atomic E-state index is 12.7. The summed E-state index contributed by atoms with van der Waals surface area (Å²) >= 11 is 0. The summed E-state index contributed by atoms with van der Waals surface area (Å²) in [4.78, 5) is 28.8. The molecule has 1 atom stereocenters. The third-order valence-corrected chi connectivity index (χ3v) is 5.63. The summed E-state index contributed by atoms with van der Waals surface area (Å²) in [5.41, 5.74) is 1.91. The van der Waals surface area contributed by atoms with Crippen molar-refractivity contribution in [2.24, 2.45) is 0 Å². The number of hydrogen-bond donors (Lipinski definition) is 0. The second kappa shape index (κ2) is 6.94. The monoisotopic (exact) mass is 352 g/mol. The Kier molecular flexibility index (Phi) is 4.49. The van der Waals surface area contributed by atoms with Crippen molar-refractivity contribution < 1.29 is 9.59 Å². The lowest BCUT2D eigenvalue weighted by Gasteiger charge is -2.39. The number of carbonyl (C=O) groups is 2. The van der Waals surface area contributed by atoms with Crippen molar-refractivity contribution in [2.45, 2.75) is 44.7 Å². The molecule has 1 aromatic carbocycles. The maximum atomic E-state index is 12.7. The Bertz CT molecular complexity index is 795. The van der Waals surface area contributed by atoms with Crippen molar-refractivity contribution >= 4 is 11.8 Å². The number of carbonyl (C=O) groups excluding carboxylic acids is 2. The van der Waals surface area contributed by atoms with E-state index in [1.165, 1.54) is 0 Å². The molecule has 4 rings (SSSR count). The standard InChI is InChI=1S/C20H24N4O2/c1-15(16-13-21-24(14-16)18-9-3-2-4-10-18)22-11-12-23(20(26)19(22)25)17-7-5-6-8-17/h2-4,9-10,13-15,17H,5-8,11-12H2,1H3. The smallest absolute Gasteiger partial charge is 0.312 e. The fourth-order valence-electron chi connectivity index (χ4n) is 4.05. The summed E-state index contributed by atoms with van der Waals surface area (Å²) in [5, 5.41) is 4.41. The first kappa shape index (κ1) is 16.8. The topological polar surface area (TPSA) is 58.4 Å². The molecule has 0 bridgehead atoms. The summed E-state index contributed by atoms with van der Waals surface area (Å²) < 4.78 is 1.80. The molecule has 2 aliphatic rings. The SMILES string of the molecule is CC(c1cnn(-c2ccccc2)c1)N1CCN(C2CCCC2)C(=O)C1=O. The fraction of sp³-hybridized carbons (Fsp3) is 0.450. The predicted molar refractivity (Wildman–Crippen MR) is 97.7 cm³/mol. The lowest BCUT2D eigenvalue weighted by atomic mass is 10.1. The summed E-state index contributed by atoms with van der Waals surface area (Å²) in [6.45, 7) is 3.17. The molecule has 1 aliphatic heterocycles. The fourth-order valence-corrected chi connectivity index (χ4v) is 4.05. The van der Waals surface area contributed by atoms with E-state index in [4.69, 9.17) is 0 Å². The summed E-state index contributed by atoms with van der Waals surface area (Å²) in [5.74, 6) is -0.728. The van der Waals surface area contributed by atoms with Gasteiger partial charge >= 0.3 is 11.8 Å². The third kappa shape index (κ3) is 3.00. The van der Waals surface area contributed by atoms with Gasteiger partial charge in [-0.25, -0.2) is 4.68 Å². The highest BCUT2D eigenvalue weighted by atomic mass is 16.2. The van der Waals surface area contributed by atoms with Crippen LogP contribution in [0.3, 0.4) is 0 Å². The van der Waals surface area contributed by atoms with Crippen molar-refractivity contribution in [2.75, 3.05) is 13.1 Å². The van der Waals surface area contributed by atoms with Crippen molar-refractivity contribution in [1.82, 2.24) is 19.6 Å². The van der Waals surface area contributed by atoms with Gasteiger partial charge < -0.3 is 9.80 Å². The molecule has 1 saturated carbocycles. The number of hydrogen-bond acceptors (Lipinski definition) is 3. The van der Waals surface area contributed by atoms with Gasteiger partial charge in [0.1, 0.15) is 0 Å². The first-order valence-corrected chi connectivity index (χ1v) is 9.36. The van der Waals surface area contributed by atoms with E-state index in [2.05, 4.69) is 5.10 Å². The van der Waals surface area contributed by atoms with Crippen LogP contribution in [0.2, 0.25) is 0 Å². The van der Waals surface area contributed by atoms with E-state index in [0.29, 0.717) is 13.1 Å². The molecule has 2 amide bonds. The van der Waals surface area contributed by atoms with Crippen molar-refractivity contribution in [3.05, 3.63) is 48.3 Å². The van der Waals surface area contributed by atoms with Crippen LogP contribution in [0.1, 0.15) is 44.2 Å². The highest BCUT2D eigenvalue weighted by Crippen LogP contribution is 2.28. The molecule has 2 fully saturated rings. The number of rotatable bonds is 4. The van der Waals surface area contributed by atoms with Crippen molar-refractivity contribution in [3.8, 4) is 5.69 Å². The van der Waals surface area contributed by atoms with Crippen LogP contribution in [0.5, 0.6) is 0 Å². The van der Waals surface area contributed by atoms with Crippen LogP contribution in [0.25, 0.3) is 5.69 Å². The molecule has 2 heterocycles. The average Bonchev–Trinajstić information content (AvgIpc) is 3.36. The first-order valence-electron chi connectivity index (χ1n) is 9.36. The first-order chi connectivity index (χ1) is 12.6. The van der Waals surface area contributed by atoms with Gasteiger partial charge in [0.05, 0.1) is 17.9 Å². The van der Waals surface area contributed by atoms with E-state index in [0.717, 1.165) is 36.9 Å². The van der Waals surface area contributed by atoms with Gasteiger partial charge in [0, 0.05) is 30.9 Å². The zero-order chi connectivity index (χ0) is 18.1. The number of para-hydroxylation sites is 1. The largest absolute Gasteiger partial charge is 0.330 e. The second-order valence-electron chi connectivity index (χ2n) is 7.17. The van der Waals surface area contributed by atoms with Gasteiger partial charge in [-0.2, -0.15) is 5.10 Å². The molecule has 1 unspecified atom stereocenters. The van der Waals surface area contributed by atoms with Crippen LogP contribution in [-0.4, -0.2) is 50.5 Å². The molecule has 0 N–H and O–H groups in total. The van der Waals surface area contributed by atoms with E-state index in [1.807, 2.05) is 43.5 Å². The molecule has 6 heteroatoms. The number of nitrogens with zero attached hydrogens (tertiary/aromatic N) is 4. The van der Waals surface area contributed by atoms with Crippen LogP contribution in [-0.2, 0) is 9.59 Å². The van der Waals surface area contributed by atoms with E-state index in [9.17, 15) is 9.59 Å². The summed E-state index contributed by atoms with van der Waals surface area (Å²) in [7, 11) is 0. The van der Waals surface area contributed by atoms with Gasteiger partial charge in [-0.15, -0.1) is 0 Å². The average molecular weight is 352 g/mol. The van der Waals surface area contributed by atoms with Crippen LogP contribution >= 0.6 is 0 Å². The van der Waals surface area contributed by atoms with E-state index in [-0.39, 0.29) is 23.9 Å². The van der Waals surface area contributed by atoms with Gasteiger partial charge in [-0.05, 0) is 31.9 Å². The van der Waals surface area contributed by atoms with Gasteiger partial charge in [-0.1, -0.05) is 31.0 Å². The molecular formula is C20H24N4O2. The summed E-state index contributed by atoms with van der Waals surface area (Å²) in [6.07, 6.45) is 8.07. The molecule has 6 nitrogen and oxygen atoms in total. The van der Waals surface area contributed by atoms with Gasteiger partial charge in [-0.3, -0.25) is 9.59 Å².